The fourth-order valence-electron chi connectivity index (χ4n) is 2.34. The summed E-state index contributed by atoms with van der Waals surface area (Å²) in [5.41, 5.74) is 2.94. The van der Waals surface area contributed by atoms with Gasteiger partial charge in [0.15, 0.2) is 0 Å². The van der Waals surface area contributed by atoms with Crippen LogP contribution in [0.15, 0.2) is 30.0 Å². The Labute approximate surface area is 145 Å². The van der Waals surface area contributed by atoms with Gasteiger partial charge in [0.25, 0.3) is 5.91 Å². The van der Waals surface area contributed by atoms with Crippen molar-refractivity contribution < 1.29 is 4.79 Å². The minimum absolute atomic E-state index is 0.0813. The molecule has 1 amide bonds. The van der Waals surface area contributed by atoms with Crippen LogP contribution in [0.5, 0.6) is 0 Å². The number of benzene rings is 1. The predicted octanol–water partition coefficient (Wildman–Crippen LogP) is 3.01. The Morgan fingerprint density at radius 3 is 2.67 bits per heavy atom. The van der Waals surface area contributed by atoms with Gasteiger partial charge in [0, 0.05) is 18.4 Å². The third kappa shape index (κ3) is 6.05. The Kier molecular flexibility index (Phi) is 8.00. The Morgan fingerprint density at radius 2 is 2.08 bits per heavy atom. The largest absolute Gasteiger partial charge is 0.390 e. The Balaban J connectivity index is 2.77. The average Bonchev–Trinajstić information content (AvgIpc) is 2.52. The molecule has 0 bridgehead atoms. The van der Waals surface area contributed by atoms with E-state index in [4.69, 9.17) is 0 Å². The molecule has 1 rings (SSSR count). The van der Waals surface area contributed by atoms with Gasteiger partial charge in [0.05, 0.1) is 0 Å². The fourth-order valence-corrected chi connectivity index (χ4v) is 2.34. The molecule has 0 aromatic heterocycles. The standard InChI is InChI=1S/C19H28N4O/c1-14(2)17-9-6-8-15(3)18(17)22-19(24)16(12-20)13-21-10-7-11-23(4)5/h6,8-9,13-14,21H,7,10-11H2,1-5H3,(H,22,24)/b16-13-. The molecule has 0 aliphatic rings. The number of rotatable bonds is 8. The molecule has 0 atom stereocenters. The van der Waals surface area contributed by atoms with Crippen molar-refractivity contribution in [3.63, 3.8) is 0 Å². The van der Waals surface area contributed by atoms with E-state index in [0.29, 0.717) is 5.92 Å². The Hall–Kier alpha value is -2.32. The second-order valence-corrected chi connectivity index (χ2v) is 6.43. The van der Waals surface area contributed by atoms with Crippen molar-refractivity contribution in [2.24, 2.45) is 0 Å². The number of hydrogen-bond acceptors (Lipinski definition) is 4. The van der Waals surface area contributed by atoms with Crippen LogP contribution in [0, 0.1) is 18.3 Å². The number of anilines is 1. The number of carbonyl (C=O) groups is 1. The molecule has 1 aromatic rings. The van der Waals surface area contributed by atoms with E-state index in [2.05, 4.69) is 29.4 Å². The highest BCUT2D eigenvalue weighted by Gasteiger charge is 2.14. The predicted molar refractivity (Wildman–Crippen MR) is 98.8 cm³/mol. The number of nitrogens with zero attached hydrogens (tertiary/aromatic N) is 2. The number of hydrogen-bond donors (Lipinski definition) is 2. The van der Waals surface area contributed by atoms with E-state index in [1.807, 2.05) is 45.3 Å². The molecule has 0 aliphatic heterocycles. The van der Waals surface area contributed by atoms with Crippen LogP contribution < -0.4 is 10.6 Å². The van der Waals surface area contributed by atoms with Crippen LogP contribution in [0.3, 0.4) is 0 Å². The van der Waals surface area contributed by atoms with Gasteiger partial charge in [-0.05, 0) is 51.0 Å². The highest BCUT2D eigenvalue weighted by Crippen LogP contribution is 2.27. The molecular weight excluding hydrogens is 300 g/mol. The summed E-state index contributed by atoms with van der Waals surface area (Å²) in [5, 5.41) is 15.2. The van der Waals surface area contributed by atoms with Crippen LogP contribution in [0.4, 0.5) is 5.69 Å². The molecule has 2 N–H and O–H groups in total. The number of carbonyl (C=O) groups excluding carboxylic acids is 1. The van der Waals surface area contributed by atoms with E-state index in [1.165, 1.54) is 6.20 Å². The monoisotopic (exact) mass is 328 g/mol. The molecule has 0 radical (unpaired) electrons. The topological polar surface area (TPSA) is 68.2 Å². The molecule has 5 nitrogen and oxygen atoms in total. The fraction of sp³-hybridized carbons (Fsp3) is 0.474. The molecule has 0 saturated carbocycles. The number of amides is 1. The van der Waals surface area contributed by atoms with Gasteiger partial charge in [-0.25, -0.2) is 0 Å². The molecule has 130 valence electrons. The average molecular weight is 328 g/mol. The van der Waals surface area contributed by atoms with Crippen molar-refractivity contribution in [2.45, 2.75) is 33.1 Å². The maximum absolute atomic E-state index is 12.4. The smallest absolute Gasteiger partial charge is 0.267 e. The number of para-hydroxylation sites is 1. The van der Waals surface area contributed by atoms with Crippen LogP contribution in [-0.2, 0) is 4.79 Å². The zero-order valence-electron chi connectivity index (χ0n) is 15.3. The van der Waals surface area contributed by atoms with Crippen LogP contribution in [0.2, 0.25) is 0 Å². The Bertz CT molecular complexity index is 627. The maximum atomic E-state index is 12.4. The molecule has 0 fully saturated rings. The van der Waals surface area contributed by atoms with E-state index in [1.54, 1.807) is 0 Å². The first kappa shape index (κ1) is 19.7. The quantitative estimate of drug-likeness (QED) is 0.437. The van der Waals surface area contributed by atoms with Gasteiger partial charge >= 0.3 is 0 Å². The van der Waals surface area contributed by atoms with Crippen molar-refractivity contribution in [1.29, 1.82) is 5.26 Å². The molecule has 0 heterocycles. The summed E-state index contributed by atoms with van der Waals surface area (Å²) in [5.74, 6) is -0.0901. The van der Waals surface area contributed by atoms with Gasteiger partial charge in [0.2, 0.25) is 0 Å². The lowest BCUT2D eigenvalue weighted by Crippen LogP contribution is -2.21. The number of nitriles is 1. The van der Waals surface area contributed by atoms with E-state index in [0.717, 1.165) is 36.3 Å². The van der Waals surface area contributed by atoms with Crippen molar-refractivity contribution in [1.82, 2.24) is 10.2 Å². The minimum atomic E-state index is -0.381. The maximum Gasteiger partial charge on any atom is 0.267 e. The highest BCUT2D eigenvalue weighted by molar-refractivity contribution is 6.07. The summed E-state index contributed by atoms with van der Waals surface area (Å²) >= 11 is 0. The zero-order valence-corrected chi connectivity index (χ0v) is 15.3. The van der Waals surface area contributed by atoms with Crippen LogP contribution >= 0.6 is 0 Å². The molecule has 0 unspecified atom stereocenters. The van der Waals surface area contributed by atoms with Crippen molar-refractivity contribution in [3.8, 4) is 6.07 Å². The second kappa shape index (κ2) is 9.74. The number of nitrogens with one attached hydrogen (secondary N) is 2. The molecule has 5 heteroatoms. The van der Waals surface area contributed by atoms with Crippen LogP contribution in [0.25, 0.3) is 0 Å². The lowest BCUT2D eigenvalue weighted by atomic mass is 9.98. The summed E-state index contributed by atoms with van der Waals surface area (Å²) < 4.78 is 0. The third-order valence-corrected chi connectivity index (χ3v) is 3.70. The van der Waals surface area contributed by atoms with Gasteiger partial charge in [-0.15, -0.1) is 0 Å². The highest BCUT2D eigenvalue weighted by atomic mass is 16.1. The first-order valence-electron chi connectivity index (χ1n) is 8.26. The van der Waals surface area contributed by atoms with Crippen molar-refractivity contribution in [3.05, 3.63) is 41.1 Å². The lowest BCUT2D eigenvalue weighted by molar-refractivity contribution is -0.112. The molecule has 0 aliphatic carbocycles. The van der Waals surface area contributed by atoms with E-state index >= 15 is 0 Å². The summed E-state index contributed by atoms with van der Waals surface area (Å²) in [6.45, 7) is 7.79. The Morgan fingerprint density at radius 1 is 1.38 bits per heavy atom. The van der Waals surface area contributed by atoms with E-state index in [-0.39, 0.29) is 11.5 Å². The second-order valence-electron chi connectivity index (χ2n) is 6.43. The first-order chi connectivity index (χ1) is 11.4. The molecule has 24 heavy (non-hydrogen) atoms. The van der Waals surface area contributed by atoms with E-state index < -0.39 is 0 Å². The summed E-state index contributed by atoms with van der Waals surface area (Å²) in [6.07, 6.45) is 2.44. The summed E-state index contributed by atoms with van der Waals surface area (Å²) in [6, 6.07) is 7.90. The normalized spacial score (nSPS) is 11.5. The van der Waals surface area contributed by atoms with Gasteiger partial charge in [0.1, 0.15) is 11.6 Å². The molecule has 1 aromatic carbocycles. The van der Waals surface area contributed by atoms with Gasteiger partial charge < -0.3 is 15.5 Å². The summed E-state index contributed by atoms with van der Waals surface area (Å²) in [7, 11) is 4.02. The third-order valence-electron chi connectivity index (χ3n) is 3.70. The van der Waals surface area contributed by atoms with Gasteiger partial charge in [-0.3, -0.25) is 4.79 Å². The van der Waals surface area contributed by atoms with Gasteiger partial charge in [-0.1, -0.05) is 32.0 Å². The number of aryl methyl sites for hydroxylation is 1. The first-order valence-corrected chi connectivity index (χ1v) is 8.26. The SMILES string of the molecule is Cc1cccc(C(C)C)c1NC(=O)/C(C#N)=C\NCCCN(C)C. The van der Waals surface area contributed by atoms with Crippen LogP contribution in [0.1, 0.15) is 37.3 Å². The van der Waals surface area contributed by atoms with Crippen molar-refractivity contribution >= 4 is 11.6 Å². The molecule has 0 spiro atoms. The summed E-state index contributed by atoms with van der Waals surface area (Å²) in [4.78, 5) is 14.5. The molecule has 0 saturated heterocycles. The lowest BCUT2D eigenvalue weighted by Gasteiger charge is -2.16. The minimum Gasteiger partial charge on any atom is -0.390 e. The zero-order chi connectivity index (χ0) is 18.1. The van der Waals surface area contributed by atoms with Gasteiger partial charge in [-0.2, -0.15) is 5.26 Å². The van der Waals surface area contributed by atoms with Crippen molar-refractivity contribution in [2.75, 3.05) is 32.5 Å². The van der Waals surface area contributed by atoms with Crippen LogP contribution in [-0.4, -0.2) is 38.0 Å². The molecular formula is C19H28N4O. The van der Waals surface area contributed by atoms with E-state index in [9.17, 15) is 10.1 Å².